The molecule has 1 saturated heterocycles. The van der Waals surface area contributed by atoms with E-state index in [0.29, 0.717) is 6.54 Å². The summed E-state index contributed by atoms with van der Waals surface area (Å²) in [4.78, 5) is 25.7. The van der Waals surface area contributed by atoms with E-state index in [0.717, 1.165) is 54.6 Å². The lowest BCUT2D eigenvalue weighted by Crippen LogP contribution is -2.40. The van der Waals surface area contributed by atoms with Gasteiger partial charge in [0.25, 0.3) is 5.91 Å². The molecule has 1 amide bonds. The van der Waals surface area contributed by atoms with Crippen LogP contribution in [0.4, 0.5) is 5.13 Å². The standard InChI is InChI=1S/C18H22N6O2S.ClH/c25-17(12-23-14-19-13-20-23)24(7-3-6-22-8-10-26-11-9-22)18-21-15-4-1-2-5-16(15)27-18;/h1-2,4-5,13-14H,3,6-12H2;1H. The fraction of sp³-hybridized carbons (Fsp3) is 0.444. The first-order chi connectivity index (χ1) is 13.3. The van der Waals surface area contributed by atoms with Crippen molar-refractivity contribution in [2.45, 2.75) is 13.0 Å². The summed E-state index contributed by atoms with van der Waals surface area (Å²) in [6, 6.07) is 7.96. The quantitative estimate of drug-likeness (QED) is 0.580. The summed E-state index contributed by atoms with van der Waals surface area (Å²) in [5, 5.41) is 4.79. The van der Waals surface area contributed by atoms with Crippen LogP contribution in [-0.4, -0.2) is 69.9 Å². The Morgan fingerprint density at radius 2 is 2.07 bits per heavy atom. The smallest absolute Gasteiger partial charge is 0.250 e. The number of hydrogen-bond donors (Lipinski definition) is 0. The maximum atomic E-state index is 12.9. The van der Waals surface area contributed by atoms with E-state index in [1.165, 1.54) is 6.33 Å². The molecule has 150 valence electrons. The van der Waals surface area contributed by atoms with Crippen molar-refractivity contribution in [2.24, 2.45) is 0 Å². The normalized spacial score (nSPS) is 14.7. The zero-order valence-electron chi connectivity index (χ0n) is 15.4. The third kappa shape index (κ3) is 5.05. The van der Waals surface area contributed by atoms with Gasteiger partial charge in [0.15, 0.2) is 5.13 Å². The number of amides is 1. The van der Waals surface area contributed by atoms with Crippen LogP contribution in [0.3, 0.4) is 0 Å². The van der Waals surface area contributed by atoms with Gasteiger partial charge in [-0.15, -0.1) is 12.4 Å². The highest BCUT2D eigenvalue weighted by Crippen LogP contribution is 2.29. The van der Waals surface area contributed by atoms with Gasteiger partial charge in [0.2, 0.25) is 0 Å². The van der Waals surface area contributed by atoms with Crippen LogP contribution in [0.2, 0.25) is 0 Å². The van der Waals surface area contributed by atoms with Gasteiger partial charge in [0, 0.05) is 26.2 Å². The number of halogens is 1. The maximum absolute atomic E-state index is 12.9. The number of hydrogen-bond acceptors (Lipinski definition) is 7. The molecular weight excluding hydrogens is 400 g/mol. The molecule has 0 saturated carbocycles. The number of aromatic nitrogens is 4. The van der Waals surface area contributed by atoms with Gasteiger partial charge in [0.05, 0.1) is 23.4 Å². The molecule has 1 aromatic carbocycles. The van der Waals surface area contributed by atoms with Crippen LogP contribution in [0.1, 0.15) is 6.42 Å². The van der Waals surface area contributed by atoms with Gasteiger partial charge in [-0.3, -0.25) is 14.6 Å². The average Bonchev–Trinajstić information content (AvgIpc) is 3.35. The predicted molar refractivity (Wildman–Crippen MR) is 111 cm³/mol. The molecule has 28 heavy (non-hydrogen) atoms. The minimum atomic E-state index is -0.0264. The van der Waals surface area contributed by atoms with Crippen molar-refractivity contribution in [3.63, 3.8) is 0 Å². The summed E-state index contributed by atoms with van der Waals surface area (Å²) in [6.07, 6.45) is 3.88. The van der Waals surface area contributed by atoms with Crippen LogP contribution in [-0.2, 0) is 16.1 Å². The molecule has 0 N–H and O–H groups in total. The lowest BCUT2D eigenvalue weighted by molar-refractivity contribution is -0.119. The summed E-state index contributed by atoms with van der Waals surface area (Å²) in [7, 11) is 0. The van der Waals surface area contributed by atoms with Crippen LogP contribution in [0.5, 0.6) is 0 Å². The Hall–Kier alpha value is -2.07. The number of morpholine rings is 1. The van der Waals surface area contributed by atoms with Crippen LogP contribution in [0.25, 0.3) is 10.2 Å². The topological polar surface area (TPSA) is 76.4 Å². The van der Waals surface area contributed by atoms with Crippen molar-refractivity contribution >= 4 is 45.0 Å². The van der Waals surface area contributed by atoms with Crippen molar-refractivity contribution in [2.75, 3.05) is 44.3 Å². The summed E-state index contributed by atoms with van der Waals surface area (Å²) in [5.41, 5.74) is 0.921. The number of para-hydroxylation sites is 1. The monoisotopic (exact) mass is 422 g/mol. The van der Waals surface area contributed by atoms with Crippen LogP contribution >= 0.6 is 23.7 Å². The minimum absolute atomic E-state index is 0. The third-order valence-corrected chi connectivity index (χ3v) is 5.60. The van der Waals surface area contributed by atoms with Crippen molar-refractivity contribution < 1.29 is 9.53 Å². The predicted octanol–water partition coefficient (Wildman–Crippen LogP) is 2.07. The number of thiazole rings is 1. The highest BCUT2D eigenvalue weighted by Gasteiger charge is 2.21. The number of fused-ring (bicyclic) bond motifs is 1. The Bertz CT molecular complexity index is 848. The SMILES string of the molecule is Cl.O=C(Cn1cncn1)N(CCCN1CCOCC1)c1nc2ccccc2s1. The van der Waals surface area contributed by atoms with E-state index >= 15 is 0 Å². The van der Waals surface area contributed by atoms with E-state index in [2.05, 4.69) is 20.0 Å². The van der Waals surface area contributed by atoms with E-state index in [4.69, 9.17) is 4.74 Å². The Balaban J connectivity index is 0.00000225. The second kappa shape index (κ2) is 9.92. The number of rotatable bonds is 7. The first-order valence-corrected chi connectivity index (χ1v) is 9.90. The van der Waals surface area contributed by atoms with E-state index in [9.17, 15) is 4.79 Å². The zero-order chi connectivity index (χ0) is 18.5. The molecule has 0 aliphatic carbocycles. The molecule has 0 atom stereocenters. The first-order valence-electron chi connectivity index (χ1n) is 9.08. The number of anilines is 1. The summed E-state index contributed by atoms with van der Waals surface area (Å²) < 4.78 is 8.03. The molecule has 4 rings (SSSR count). The van der Waals surface area contributed by atoms with Gasteiger partial charge < -0.3 is 4.74 Å². The van der Waals surface area contributed by atoms with Gasteiger partial charge in [-0.05, 0) is 18.6 Å². The van der Waals surface area contributed by atoms with Gasteiger partial charge in [-0.1, -0.05) is 23.5 Å². The second-order valence-corrected chi connectivity index (χ2v) is 7.42. The van der Waals surface area contributed by atoms with Crippen LogP contribution < -0.4 is 4.90 Å². The summed E-state index contributed by atoms with van der Waals surface area (Å²) >= 11 is 1.55. The van der Waals surface area contributed by atoms with Crippen molar-refractivity contribution in [3.8, 4) is 0 Å². The van der Waals surface area contributed by atoms with E-state index in [-0.39, 0.29) is 24.9 Å². The number of benzene rings is 1. The second-order valence-electron chi connectivity index (χ2n) is 6.41. The third-order valence-electron chi connectivity index (χ3n) is 4.54. The molecule has 3 heterocycles. The van der Waals surface area contributed by atoms with E-state index in [1.54, 1.807) is 27.2 Å². The van der Waals surface area contributed by atoms with Crippen LogP contribution in [0.15, 0.2) is 36.9 Å². The molecule has 10 heteroatoms. The molecule has 8 nitrogen and oxygen atoms in total. The molecule has 0 spiro atoms. The maximum Gasteiger partial charge on any atom is 0.250 e. The average molecular weight is 423 g/mol. The fourth-order valence-corrected chi connectivity index (χ4v) is 4.13. The Morgan fingerprint density at radius 1 is 1.25 bits per heavy atom. The van der Waals surface area contributed by atoms with Gasteiger partial charge >= 0.3 is 0 Å². The van der Waals surface area contributed by atoms with Crippen molar-refractivity contribution in [1.29, 1.82) is 0 Å². The molecule has 2 aromatic heterocycles. The molecule has 1 aliphatic heterocycles. The molecule has 3 aromatic rings. The van der Waals surface area contributed by atoms with Crippen LogP contribution in [0, 0.1) is 0 Å². The Labute approximate surface area is 173 Å². The van der Waals surface area contributed by atoms with E-state index in [1.807, 2.05) is 24.3 Å². The molecule has 1 fully saturated rings. The molecule has 1 aliphatic rings. The van der Waals surface area contributed by atoms with Gasteiger partial charge in [-0.2, -0.15) is 5.10 Å². The minimum Gasteiger partial charge on any atom is -0.379 e. The summed E-state index contributed by atoms with van der Waals surface area (Å²) in [6.45, 7) is 5.21. The van der Waals surface area contributed by atoms with Crippen molar-refractivity contribution in [1.82, 2.24) is 24.6 Å². The molecule has 0 radical (unpaired) electrons. The Kier molecular flexibility index (Phi) is 7.32. The first kappa shape index (κ1) is 20.7. The molecule has 0 unspecified atom stereocenters. The number of ether oxygens (including phenoxy) is 1. The van der Waals surface area contributed by atoms with Gasteiger partial charge in [0.1, 0.15) is 19.2 Å². The highest BCUT2D eigenvalue weighted by molar-refractivity contribution is 7.22. The van der Waals surface area contributed by atoms with Gasteiger partial charge in [-0.25, -0.2) is 14.6 Å². The number of nitrogens with zero attached hydrogens (tertiary/aromatic N) is 6. The molecule has 0 bridgehead atoms. The zero-order valence-corrected chi connectivity index (χ0v) is 17.1. The lowest BCUT2D eigenvalue weighted by Gasteiger charge is -2.27. The van der Waals surface area contributed by atoms with E-state index < -0.39 is 0 Å². The number of carbonyl (C=O) groups is 1. The summed E-state index contributed by atoms with van der Waals surface area (Å²) in [5.74, 6) is -0.0264. The number of carbonyl (C=O) groups excluding carboxylic acids is 1. The lowest BCUT2D eigenvalue weighted by atomic mass is 10.3. The Morgan fingerprint density at radius 3 is 2.82 bits per heavy atom. The highest BCUT2D eigenvalue weighted by atomic mass is 35.5. The fourth-order valence-electron chi connectivity index (χ4n) is 3.12. The molecular formula is C18H23ClN6O2S. The largest absolute Gasteiger partial charge is 0.379 e. The van der Waals surface area contributed by atoms with Crippen molar-refractivity contribution in [3.05, 3.63) is 36.9 Å².